The van der Waals surface area contributed by atoms with Crippen molar-refractivity contribution in [2.24, 2.45) is 0 Å². The van der Waals surface area contributed by atoms with Gasteiger partial charge in [-0.1, -0.05) is 37.3 Å². The van der Waals surface area contributed by atoms with Crippen molar-refractivity contribution in [3.63, 3.8) is 0 Å². The molecule has 0 unspecified atom stereocenters. The lowest BCUT2D eigenvalue weighted by Crippen LogP contribution is -2.03. The van der Waals surface area contributed by atoms with Crippen molar-refractivity contribution in [3.05, 3.63) is 35.9 Å². The zero-order chi connectivity index (χ0) is 11.0. The topological polar surface area (TPSA) is 17.1 Å². The molecule has 78 valence electrons. The van der Waals surface area contributed by atoms with Gasteiger partial charge in [-0.15, -0.1) is 0 Å². The number of hydrogen-bond acceptors (Lipinski definition) is 1. The van der Waals surface area contributed by atoms with Gasteiger partial charge in [-0.25, -0.2) is 0 Å². The number of alkyl halides is 3. The van der Waals surface area contributed by atoms with Gasteiger partial charge in [0.1, 0.15) is 6.29 Å². The van der Waals surface area contributed by atoms with Crippen LogP contribution in [0.1, 0.15) is 18.9 Å². The summed E-state index contributed by atoms with van der Waals surface area (Å²) < 4.78 is 35.4. The number of hydrogen-bond donors (Lipinski definition) is 0. The van der Waals surface area contributed by atoms with Crippen molar-refractivity contribution in [2.75, 3.05) is 0 Å². The summed E-state index contributed by atoms with van der Waals surface area (Å²) in [7, 11) is 0. The molecule has 1 nitrogen and oxygen atoms in total. The number of halogens is 3. The fourth-order valence-corrected chi connectivity index (χ4v) is 0.627. The lowest BCUT2D eigenvalue weighted by Gasteiger charge is -2.03. The summed E-state index contributed by atoms with van der Waals surface area (Å²) in [6.45, 7) is 1.81. The van der Waals surface area contributed by atoms with Gasteiger partial charge in [0.15, 0.2) is 0 Å². The van der Waals surface area contributed by atoms with E-state index in [0.717, 1.165) is 18.4 Å². The van der Waals surface area contributed by atoms with Crippen LogP contribution in [-0.4, -0.2) is 6.29 Å². The molecule has 0 fully saturated rings. The Bertz CT molecular complexity index is 254. The third kappa shape index (κ3) is 5.35. The predicted octanol–water partition coefficient (Wildman–Crippen LogP) is 3.30. The average Bonchev–Trinajstić information content (AvgIpc) is 2.18. The first-order valence-corrected chi connectivity index (χ1v) is 4.08. The van der Waals surface area contributed by atoms with Crippen LogP contribution in [-0.2, 0) is 11.0 Å². The van der Waals surface area contributed by atoms with Gasteiger partial charge in [-0.05, 0) is 0 Å². The summed E-state index contributed by atoms with van der Waals surface area (Å²) in [5.41, 5.74) is -0.602. The molecule has 0 atom stereocenters. The van der Waals surface area contributed by atoms with Crippen LogP contribution in [0.5, 0.6) is 0 Å². The van der Waals surface area contributed by atoms with Crippen LogP contribution in [0.3, 0.4) is 0 Å². The molecule has 0 saturated heterocycles. The first kappa shape index (κ1) is 12.7. The molecule has 4 heteroatoms. The molecule has 0 heterocycles. The van der Waals surface area contributed by atoms with E-state index in [0.29, 0.717) is 6.42 Å². The van der Waals surface area contributed by atoms with Crippen LogP contribution in [0, 0.1) is 0 Å². The van der Waals surface area contributed by atoms with E-state index in [1.54, 1.807) is 6.07 Å². The van der Waals surface area contributed by atoms with Crippen molar-refractivity contribution in [2.45, 2.75) is 19.5 Å². The molecule has 0 saturated carbocycles. The lowest BCUT2D eigenvalue weighted by atomic mass is 10.2. The quantitative estimate of drug-likeness (QED) is 0.641. The van der Waals surface area contributed by atoms with Gasteiger partial charge in [0.2, 0.25) is 0 Å². The monoisotopic (exact) mass is 204 g/mol. The van der Waals surface area contributed by atoms with Crippen molar-refractivity contribution >= 4 is 6.29 Å². The SMILES string of the molecule is CCC=O.FC(F)(F)c1ccccc1. The van der Waals surface area contributed by atoms with Gasteiger partial charge >= 0.3 is 6.18 Å². The minimum Gasteiger partial charge on any atom is -0.303 e. The Hall–Kier alpha value is -1.32. The van der Waals surface area contributed by atoms with Crippen molar-refractivity contribution in [1.29, 1.82) is 0 Å². The summed E-state index contributed by atoms with van der Waals surface area (Å²) >= 11 is 0. The molecule has 1 rings (SSSR count). The van der Waals surface area contributed by atoms with Gasteiger partial charge in [0, 0.05) is 6.42 Å². The first-order chi connectivity index (χ1) is 6.52. The van der Waals surface area contributed by atoms with Crippen LogP contribution in [0.4, 0.5) is 13.2 Å². The molecule has 0 aliphatic heterocycles. The molecule has 0 N–H and O–H groups in total. The standard InChI is InChI=1S/C7H5F3.C3H6O/c8-7(9,10)6-4-2-1-3-5-6;1-2-3-4/h1-5H;3H,2H2,1H3. The molecule has 0 radical (unpaired) electrons. The molecule has 1 aromatic rings. The lowest BCUT2D eigenvalue weighted by molar-refractivity contribution is -0.137. The van der Waals surface area contributed by atoms with E-state index < -0.39 is 11.7 Å². The minimum absolute atomic E-state index is 0.602. The minimum atomic E-state index is -4.21. The average molecular weight is 204 g/mol. The Morgan fingerprint density at radius 2 is 1.64 bits per heavy atom. The van der Waals surface area contributed by atoms with E-state index in [4.69, 9.17) is 0 Å². The highest BCUT2D eigenvalue weighted by Gasteiger charge is 2.29. The van der Waals surface area contributed by atoms with Crippen LogP contribution >= 0.6 is 0 Å². The van der Waals surface area contributed by atoms with E-state index >= 15 is 0 Å². The Kier molecular flexibility index (Phi) is 5.60. The Labute approximate surface area is 80.6 Å². The molecule has 0 aliphatic carbocycles. The van der Waals surface area contributed by atoms with Gasteiger partial charge in [-0.3, -0.25) is 0 Å². The molecule has 0 amide bonds. The normalized spacial score (nSPS) is 10.0. The van der Waals surface area contributed by atoms with Crippen LogP contribution < -0.4 is 0 Å². The smallest absolute Gasteiger partial charge is 0.303 e. The molecular weight excluding hydrogens is 193 g/mol. The highest BCUT2D eigenvalue weighted by Crippen LogP contribution is 2.28. The predicted molar refractivity (Wildman–Crippen MR) is 47.8 cm³/mol. The largest absolute Gasteiger partial charge is 0.416 e. The zero-order valence-corrected chi connectivity index (χ0v) is 7.71. The van der Waals surface area contributed by atoms with E-state index in [2.05, 4.69) is 0 Å². The van der Waals surface area contributed by atoms with Crippen molar-refractivity contribution in [3.8, 4) is 0 Å². The van der Waals surface area contributed by atoms with E-state index in [1.807, 2.05) is 6.92 Å². The van der Waals surface area contributed by atoms with Gasteiger partial charge in [-0.2, -0.15) is 13.2 Å². The van der Waals surface area contributed by atoms with E-state index in [-0.39, 0.29) is 0 Å². The summed E-state index contributed by atoms with van der Waals surface area (Å²) in [4.78, 5) is 9.17. The summed E-state index contributed by atoms with van der Waals surface area (Å²) in [6, 6.07) is 6.36. The van der Waals surface area contributed by atoms with Crippen molar-refractivity contribution < 1.29 is 18.0 Å². The van der Waals surface area contributed by atoms with Gasteiger partial charge in [0.25, 0.3) is 0 Å². The van der Waals surface area contributed by atoms with Crippen molar-refractivity contribution in [1.82, 2.24) is 0 Å². The van der Waals surface area contributed by atoms with Crippen LogP contribution in [0.15, 0.2) is 30.3 Å². The second-order valence-corrected chi connectivity index (χ2v) is 2.44. The number of benzene rings is 1. The molecule has 0 spiro atoms. The Morgan fingerprint density at radius 3 is 1.86 bits per heavy atom. The van der Waals surface area contributed by atoms with Crippen LogP contribution in [0.2, 0.25) is 0 Å². The third-order valence-electron chi connectivity index (χ3n) is 1.27. The second kappa shape index (κ2) is 6.18. The number of rotatable bonds is 1. The molecule has 0 aromatic heterocycles. The zero-order valence-electron chi connectivity index (χ0n) is 7.71. The second-order valence-electron chi connectivity index (χ2n) is 2.44. The maximum atomic E-state index is 11.8. The fourth-order valence-electron chi connectivity index (χ4n) is 0.627. The van der Waals surface area contributed by atoms with Gasteiger partial charge < -0.3 is 4.79 Å². The molecular formula is C10H11F3O. The maximum Gasteiger partial charge on any atom is 0.416 e. The summed E-state index contributed by atoms with van der Waals surface area (Å²) in [5, 5.41) is 0. The first-order valence-electron chi connectivity index (χ1n) is 4.08. The number of carbonyl (C=O) groups is 1. The molecule has 14 heavy (non-hydrogen) atoms. The van der Waals surface area contributed by atoms with E-state index in [9.17, 15) is 18.0 Å². The third-order valence-corrected chi connectivity index (χ3v) is 1.27. The Morgan fingerprint density at radius 1 is 1.21 bits per heavy atom. The highest BCUT2D eigenvalue weighted by molar-refractivity contribution is 5.48. The number of aldehydes is 1. The molecule has 0 bridgehead atoms. The summed E-state index contributed by atoms with van der Waals surface area (Å²) in [5.74, 6) is 0. The molecule has 1 aromatic carbocycles. The summed E-state index contributed by atoms with van der Waals surface area (Å²) in [6.07, 6.45) is -2.69. The Balaban J connectivity index is 0.000000364. The fraction of sp³-hybridized carbons (Fsp3) is 0.300. The number of carbonyl (C=O) groups excluding carboxylic acids is 1. The van der Waals surface area contributed by atoms with Crippen LogP contribution in [0.25, 0.3) is 0 Å². The van der Waals surface area contributed by atoms with Gasteiger partial charge in [0.05, 0.1) is 5.56 Å². The highest BCUT2D eigenvalue weighted by atomic mass is 19.4. The maximum absolute atomic E-state index is 11.8. The molecule has 0 aliphatic rings. The van der Waals surface area contributed by atoms with E-state index in [1.165, 1.54) is 12.1 Å².